The van der Waals surface area contributed by atoms with Crippen LogP contribution < -0.4 is 4.74 Å². The van der Waals surface area contributed by atoms with Crippen LogP contribution in [0.15, 0.2) is 71.1 Å². The normalized spacial score (nSPS) is 22.0. The Bertz CT molecular complexity index is 1110. The molecule has 4 heterocycles. The van der Waals surface area contributed by atoms with Gasteiger partial charge in [-0.05, 0) is 35.2 Å². The van der Waals surface area contributed by atoms with Crippen molar-refractivity contribution in [2.75, 3.05) is 13.1 Å². The summed E-state index contributed by atoms with van der Waals surface area (Å²) in [6.07, 6.45) is 2.76. The number of hydrogen-bond acceptors (Lipinski definition) is 5. The lowest BCUT2D eigenvalue weighted by atomic mass is 9.91. The molecule has 6 heteroatoms. The molecule has 1 atom stereocenters. The molecule has 3 aliphatic heterocycles. The van der Waals surface area contributed by atoms with Crippen LogP contribution in [0.1, 0.15) is 41.3 Å². The van der Waals surface area contributed by atoms with Crippen LogP contribution in [0.5, 0.6) is 5.75 Å². The second kappa shape index (κ2) is 7.66. The minimum absolute atomic E-state index is 0.181. The van der Waals surface area contributed by atoms with E-state index in [-0.39, 0.29) is 6.04 Å². The maximum Gasteiger partial charge on any atom is 0.200 e. The molecular weight excluding hydrogens is 426 g/mol. The first-order chi connectivity index (χ1) is 15.2. The number of ether oxygens (including phenoxy) is 1. The first-order valence-electron chi connectivity index (χ1n) is 10.9. The number of piperidine rings is 1. The lowest BCUT2D eigenvalue weighted by Gasteiger charge is -2.51. The van der Waals surface area contributed by atoms with Crippen LogP contribution in [-0.2, 0) is 6.54 Å². The zero-order valence-electron chi connectivity index (χ0n) is 17.2. The molecule has 1 saturated heterocycles. The first-order valence-corrected chi connectivity index (χ1v) is 12.1. The Kier molecular flexibility index (Phi) is 4.78. The maximum absolute atomic E-state index is 6.73. The molecule has 0 amide bonds. The molecule has 31 heavy (non-hydrogen) atoms. The standard InChI is InChI=1S/C25H24ClN3OS/c26-19-8-9-23-20(15-19)22-16-21(24-7-4-14-31-24)27-29(22)25(30-23)10-12-28(13-11-25)17-18-5-2-1-3-6-18/h1-9,14-15,22H,10-13,16-17H2. The highest BCUT2D eigenvalue weighted by Gasteiger charge is 2.51. The van der Waals surface area contributed by atoms with Crippen molar-refractivity contribution in [2.45, 2.75) is 37.6 Å². The molecule has 1 fully saturated rings. The fraction of sp³-hybridized carbons (Fsp3) is 0.320. The molecule has 158 valence electrons. The molecule has 1 unspecified atom stereocenters. The Morgan fingerprint density at radius 1 is 1.06 bits per heavy atom. The Morgan fingerprint density at radius 3 is 2.68 bits per heavy atom. The van der Waals surface area contributed by atoms with Gasteiger partial charge in [0.15, 0.2) is 0 Å². The molecule has 0 bridgehead atoms. The van der Waals surface area contributed by atoms with E-state index in [1.54, 1.807) is 11.3 Å². The van der Waals surface area contributed by atoms with Gasteiger partial charge < -0.3 is 4.74 Å². The highest BCUT2D eigenvalue weighted by molar-refractivity contribution is 7.12. The molecule has 6 rings (SSSR count). The summed E-state index contributed by atoms with van der Waals surface area (Å²) in [6.45, 7) is 2.96. The van der Waals surface area contributed by atoms with Gasteiger partial charge in [-0.15, -0.1) is 11.3 Å². The molecule has 3 aliphatic rings. The summed E-state index contributed by atoms with van der Waals surface area (Å²) in [5, 5.41) is 10.3. The predicted molar refractivity (Wildman–Crippen MR) is 126 cm³/mol. The van der Waals surface area contributed by atoms with Gasteiger partial charge in [0.1, 0.15) is 5.75 Å². The zero-order valence-corrected chi connectivity index (χ0v) is 18.8. The SMILES string of the molecule is Clc1ccc2c(c1)C1CC(c3cccs3)=NN1C1(CCN(Cc3ccccc3)CC1)O2. The first kappa shape index (κ1) is 19.4. The summed E-state index contributed by atoms with van der Waals surface area (Å²) in [6, 6.07) is 21.2. The number of benzene rings is 2. The van der Waals surface area contributed by atoms with E-state index in [2.05, 4.69) is 63.8 Å². The summed E-state index contributed by atoms with van der Waals surface area (Å²) in [7, 11) is 0. The number of fused-ring (bicyclic) bond motifs is 4. The van der Waals surface area contributed by atoms with Crippen molar-refractivity contribution in [2.24, 2.45) is 5.10 Å². The van der Waals surface area contributed by atoms with Gasteiger partial charge >= 0.3 is 0 Å². The molecule has 0 radical (unpaired) electrons. The molecule has 0 saturated carbocycles. The highest BCUT2D eigenvalue weighted by Crippen LogP contribution is 2.50. The van der Waals surface area contributed by atoms with Crippen LogP contribution in [-0.4, -0.2) is 34.4 Å². The van der Waals surface area contributed by atoms with Crippen molar-refractivity contribution >= 4 is 28.6 Å². The number of rotatable bonds is 3. The van der Waals surface area contributed by atoms with E-state index in [4.69, 9.17) is 21.4 Å². The molecule has 2 aromatic carbocycles. The molecule has 4 nitrogen and oxygen atoms in total. The molecule has 0 aliphatic carbocycles. The summed E-state index contributed by atoms with van der Waals surface area (Å²) in [4.78, 5) is 3.77. The number of thiophene rings is 1. The van der Waals surface area contributed by atoms with E-state index >= 15 is 0 Å². The molecule has 1 aromatic heterocycles. The molecule has 0 N–H and O–H groups in total. The Labute approximate surface area is 191 Å². The number of likely N-dealkylation sites (tertiary alicyclic amines) is 1. The summed E-state index contributed by atoms with van der Waals surface area (Å²) < 4.78 is 6.73. The predicted octanol–water partition coefficient (Wildman–Crippen LogP) is 5.94. The Hall–Kier alpha value is -2.34. The second-order valence-electron chi connectivity index (χ2n) is 8.58. The Morgan fingerprint density at radius 2 is 1.90 bits per heavy atom. The van der Waals surface area contributed by atoms with Crippen molar-refractivity contribution < 1.29 is 4.74 Å². The van der Waals surface area contributed by atoms with Gasteiger partial charge in [0.05, 0.1) is 16.6 Å². The van der Waals surface area contributed by atoms with Gasteiger partial charge in [-0.25, -0.2) is 5.01 Å². The quantitative estimate of drug-likeness (QED) is 0.495. The number of nitrogens with zero attached hydrogens (tertiary/aromatic N) is 3. The van der Waals surface area contributed by atoms with Crippen molar-refractivity contribution in [3.63, 3.8) is 0 Å². The Balaban J connectivity index is 1.30. The monoisotopic (exact) mass is 449 g/mol. The largest absolute Gasteiger partial charge is 0.466 e. The van der Waals surface area contributed by atoms with E-state index in [0.717, 1.165) is 60.9 Å². The fourth-order valence-electron chi connectivity index (χ4n) is 5.08. The minimum Gasteiger partial charge on any atom is -0.466 e. The van der Waals surface area contributed by atoms with E-state index in [1.807, 2.05) is 12.1 Å². The number of hydrogen-bond donors (Lipinski definition) is 0. The van der Waals surface area contributed by atoms with E-state index in [9.17, 15) is 0 Å². The number of halogens is 1. The van der Waals surface area contributed by atoms with Gasteiger partial charge in [0.2, 0.25) is 5.72 Å². The topological polar surface area (TPSA) is 28.1 Å². The van der Waals surface area contributed by atoms with Gasteiger partial charge in [0.25, 0.3) is 0 Å². The van der Waals surface area contributed by atoms with E-state index < -0.39 is 5.72 Å². The van der Waals surface area contributed by atoms with E-state index in [0.29, 0.717) is 0 Å². The van der Waals surface area contributed by atoms with Crippen molar-refractivity contribution in [1.29, 1.82) is 0 Å². The van der Waals surface area contributed by atoms with Crippen LogP contribution in [0.3, 0.4) is 0 Å². The average molecular weight is 450 g/mol. The summed E-state index contributed by atoms with van der Waals surface area (Å²) in [5.41, 5.74) is 3.28. The summed E-state index contributed by atoms with van der Waals surface area (Å²) >= 11 is 8.11. The molecular formula is C25H24ClN3OS. The van der Waals surface area contributed by atoms with Gasteiger partial charge in [-0.3, -0.25) is 4.90 Å². The molecule has 3 aromatic rings. The third-order valence-corrected chi connectivity index (χ3v) is 7.80. The van der Waals surface area contributed by atoms with Crippen LogP contribution in [0, 0.1) is 0 Å². The molecule has 1 spiro atoms. The lowest BCUT2D eigenvalue weighted by Crippen LogP contribution is -2.59. The third-order valence-electron chi connectivity index (χ3n) is 6.65. The lowest BCUT2D eigenvalue weighted by molar-refractivity contribution is -0.150. The smallest absolute Gasteiger partial charge is 0.200 e. The highest BCUT2D eigenvalue weighted by atomic mass is 35.5. The van der Waals surface area contributed by atoms with Crippen LogP contribution in [0.2, 0.25) is 5.02 Å². The zero-order chi connectivity index (χ0) is 20.8. The van der Waals surface area contributed by atoms with Crippen LogP contribution in [0.4, 0.5) is 0 Å². The van der Waals surface area contributed by atoms with Crippen molar-refractivity contribution in [1.82, 2.24) is 9.91 Å². The van der Waals surface area contributed by atoms with Gasteiger partial charge in [0, 0.05) is 49.5 Å². The van der Waals surface area contributed by atoms with Crippen LogP contribution >= 0.6 is 22.9 Å². The van der Waals surface area contributed by atoms with Gasteiger partial charge in [-0.1, -0.05) is 48.0 Å². The van der Waals surface area contributed by atoms with Crippen LogP contribution in [0.25, 0.3) is 0 Å². The van der Waals surface area contributed by atoms with Gasteiger partial charge in [-0.2, -0.15) is 5.10 Å². The maximum atomic E-state index is 6.73. The number of hydrazone groups is 1. The fourth-order valence-corrected chi connectivity index (χ4v) is 5.98. The van der Waals surface area contributed by atoms with E-state index in [1.165, 1.54) is 10.4 Å². The third kappa shape index (κ3) is 3.45. The van der Waals surface area contributed by atoms with Crippen molar-refractivity contribution in [3.05, 3.63) is 87.1 Å². The summed E-state index contributed by atoms with van der Waals surface area (Å²) in [5.74, 6) is 0.963. The second-order valence-corrected chi connectivity index (χ2v) is 9.96. The average Bonchev–Trinajstić information content (AvgIpc) is 3.47. The minimum atomic E-state index is -0.391. The van der Waals surface area contributed by atoms with Crippen molar-refractivity contribution in [3.8, 4) is 5.75 Å².